The van der Waals surface area contributed by atoms with E-state index < -0.39 is 5.54 Å². The number of likely N-dealkylation sites (N-methyl/N-ethyl adjacent to an activating group) is 1. The van der Waals surface area contributed by atoms with Gasteiger partial charge in [-0.2, -0.15) is 5.10 Å². The van der Waals surface area contributed by atoms with Crippen LogP contribution in [0.5, 0.6) is 0 Å². The second-order valence-corrected chi connectivity index (χ2v) is 10.3. The quantitative estimate of drug-likeness (QED) is 0.486. The number of amides is 3. The van der Waals surface area contributed by atoms with E-state index in [0.717, 1.165) is 60.8 Å². The number of aromatic amines is 1. The standard InChI is InChI=1S/C28H35N7O2/c1-5-19-8-6-7-9-23(19)29-27(37)35-18-22-24(28(35,2)3)31-32-25(22)30-26(36)20-10-12-21(13-11-20)34-16-14-33(4)15-17-34/h6-13H,5,14-18H2,1-4H3,(H,29,37)(H2,30,31,32,36). The van der Waals surface area contributed by atoms with E-state index in [2.05, 4.69) is 44.6 Å². The van der Waals surface area contributed by atoms with Crippen LogP contribution in [-0.4, -0.2) is 65.2 Å². The minimum Gasteiger partial charge on any atom is -0.369 e. The van der Waals surface area contributed by atoms with E-state index in [9.17, 15) is 9.59 Å². The highest BCUT2D eigenvalue weighted by atomic mass is 16.2. The molecule has 3 N–H and O–H groups in total. The van der Waals surface area contributed by atoms with Gasteiger partial charge in [-0.1, -0.05) is 25.1 Å². The summed E-state index contributed by atoms with van der Waals surface area (Å²) in [7, 11) is 2.13. The number of carbonyl (C=O) groups is 2. The monoisotopic (exact) mass is 501 g/mol. The fourth-order valence-corrected chi connectivity index (χ4v) is 5.15. The number of benzene rings is 2. The van der Waals surface area contributed by atoms with E-state index in [0.29, 0.717) is 17.9 Å². The number of aromatic nitrogens is 2. The third-order valence-corrected chi connectivity index (χ3v) is 7.58. The molecule has 0 saturated carbocycles. The van der Waals surface area contributed by atoms with Crippen molar-refractivity contribution in [2.24, 2.45) is 0 Å². The number of hydrogen-bond donors (Lipinski definition) is 3. The molecule has 2 aromatic carbocycles. The highest BCUT2D eigenvalue weighted by molar-refractivity contribution is 6.04. The Kier molecular flexibility index (Phi) is 6.64. The van der Waals surface area contributed by atoms with Gasteiger partial charge in [0.05, 0.1) is 17.8 Å². The molecule has 0 radical (unpaired) electrons. The fraction of sp³-hybridized carbons (Fsp3) is 0.393. The molecule has 1 saturated heterocycles. The number of fused-ring (bicyclic) bond motifs is 1. The maximum absolute atomic E-state index is 13.3. The van der Waals surface area contributed by atoms with Crippen LogP contribution in [0.25, 0.3) is 0 Å². The van der Waals surface area contributed by atoms with E-state index in [1.807, 2.05) is 62.4 Å². The van der Waals surface area contributed by atoms with Crippen molar-refractivity contribution in [2.75, 3.05) is 48.8 Å². The Labute approximate surface area is 217 Å². The Morgan fingerprint density at radius 3 is 2.41 bits per heavy atom. The predicted octanol–water partition coefficient (Wildman–Crippen LogP) is 4.26. The van der Waals surface area contributed by atoms with E-state index >= 15 is 0 Å². The van der Waals surface area contributed by atoms with Crippen molar-refractivity contribution in [3.8, 4) is 0 Å². The highest BCUT2D eigenvalue weighted by Crippen LogP contribution is 2.41. The molecule has 0 atom stereocenters. The largest absolute Gasteiger partial charge is 0.369 e. The van der Waals surface area contributed by atoms with Crippen molar-refractivity contribution in [3.63, 3.8) is 0 Å². The molecule has 2 aliphatic heterocycles. The summed E-state index contributed by atoms with van der Waals surface area (Å²) in [6.45, 7) is 10.4. The van der Waals surface area contributed by atoms with E-state index in [4.69, 9.17) is 0 Å². The SMILES string of the molecule is CCc1ccccc1NC(=O)N1Cc2c(NC(=O)c3ccc(N4CCN(C)CC4)cc3)n[nH]c2C1(C)C. The summed E-state index contributed by atoms with van der Waals surface area (Å²) < 4.78 is 0. The van der Waals surface area contributed by atoms with Crippen molar-refractivity contribution >= 4 is 29.1 Å². The van der Waals surface area contributed by atoms with Gasteiger partial charge >= 0.3 is 6.03 Å². The Balaban J connectivity index is 1.27. The van der Waals surface area contributed by atoms with Gasteiger partial charge in [0.25, 0.3) is 5.91 Å². The first-order valence-corrected chi connectivity index (χ1v) is 12.9. The molecular weight excluding hydrogens is 466 g/mol. The van der Waals surface area contributed by atoms with Crippen LogP contribution in [0.3, 0.4) is 0 Å². The molecule has 37 heavy (non-hydrogen) atoms. The normalized spacial score (nSPS) is 17.0. The minimum absolute atomic E-state index is 0.188. The lowest BCUT2D eigenvalue weighted by molar-refractivity contribution is 0.102. The van der Waals surface area contributed by atoms with Crippen LogP contribution in [0.4, 0.5) is 22.0 Å². The molecule has 1 aromatic heterocycles. The lowest BCUT2D eigenvalue weighted by Gasteiger charge is -2.34. The number of aryl methyl sites for hydroxylation is 1. The van der Waals surface area contributed by atoms with E-state index in [1.54, 1.807) is 4.90 Å². The lowest BCUT2D eigenvalue weighted by atomic mass is 10.0. The van der Waals surface area contributed by atoms with Gasteiger partial charge in [0.15, 0.2) is 5.82 Å². The molecule has 3 heterocycles. The third-order valence-electron chi connectivity index (χ3n) is 7.58. The van der Waals surface area contributed by atoms with Crippen LogP contribution < -0.4 is 15.5 Å². The number of hydrogen-bond acceptors (Lipinski definition) is 5. The van der Waals surface area contributed by atoms with Gasteiger partial charge in [0.2, 0.25) is 0 Å². The predicted molar refractivity (Wildman–Crippen MR) is 146 cm³/mol. The Morgan fingerprint density at radius 1 is 1.00 bits per heavy atom. The minimum atomic E-state index is -0.610. The Bertz CT molecular complexity index is 1290. The Morgan fingerprint density at radius 2 is 1.70 bits per heavy atom. The summed E-state index contributed by atoms with van der Waals surface area (Å²) in [6.07, 6.45) is 0.829. The number of piperazine rings is 1. The van der Waals surface area contributed by atoms with Gasteiger partial charge in [-0.3, -0.25) is 9.89 Å². The number of carbonyl (C=O) groups excluding carboxylic acids is 2. The van der Waals surface area contributed by atoms with E-state index in [-0.39, 0.29) is 11.9 Å². The first-order chi connectivity index (χ1) is 17.8. The second-order valence-electron chi connectivity index (χ2n) is 10.3. The van der Waals surface area contributed by atoms with Crippen LogP contribution in [-0.2, 0) is 18.5 Å². The Hall–Kier alpha value is -3.85. The van der Waals surface area contributed by atoms with Crippen LogP contribution >= 0.6 is 0 Å². The molecule has 194 valence electrons. The van der Waals surface area contributed by atoms with Crippen molar-refractivity contribution in [2.45, 2.75) is 39.3 Å². The number of anilines is 3. The number of urea groups is 1. The van der Waals surface area contributed by atoms with Crippen LogP contribution in [0.1, 0.15) is 48.0 Å². The zero-order chi connectivity index (χ0) is 26.2. The van der Waals surface area contributed by atoms with Gasteiger partial charge in [-0.15, -0.1) is 0 Å². The van der Waals surface area contributed by atoms with Gasteiger partial charge < -0.3 is 25.3 Å². The lowest BCUT2D eigenvalue weighted by Crippen LogP contribution is -2.44. The van der Waals surface area contributed by atoms with Crippen LogP contribution in [0.2, 0.25) is 0 Å². The molecule has 5 rings (SSSR count). The molecular formula is C28H35N7O2. The zero-order valence-electron chi connectivity index (χ0n) is 22.0. The van der Waals surface area contributed by atoms with Crippen molar-refractivity contribution in [1.82, 2.24) is 20.0 Å². The number of para-hydroxylation sites is 1. The molecule has 0 aliphatic carbocycles. The molecule has 0 spiro atoms. The van der Waals surface area contributed by atoms with Crippen LogP contribution in [0, 0.1) is 0 Å². The molecule has 0 unspecified atom stereocenters. The molecule has 3 aromatic rings. The molecule has 9 nitrogen and oxygen atoms in total. The summed E-state index contributed by atoms with van der Waals surface area (Å²) >= 11 is 0. The van der Waals surface area contributed by atoms with Crippen LogP contribution in [0.15, 0.2) is 48.5 Å². The summed E-state index contributed by atoms with van der Waals surface area (Å²) in [6, 6.07) is 15.3. The second kappa shape index (κ2) is 9.89. The zero-order valence-corrected chi connectivity index (χ0v) is 22.0. The van der Waals surface area contributed by atoms with Crippen molar-refractivity contribution in [3.05, 3.63) is 70.9 Å². The fourth-order valence-electron chi connectivity index (χ4n) is 5.15. The summed E-state index contributed by atoms with van der Waals surface area (Å²) in [5.74, 6) is 0.234. The first kappa shape index (κ1) is 24.8. The summed E-state index contributed by atoms with van der Waals surface area (Å²) in [5, 5.41) is 13.4. The van der Waals surface area contributed by atoms with Crippen molar-refractivity contribution in [1.29, 1.82) is 0 Å². The van der Waals surface area contributed by atoms with Crippen molar-refractivity contribution < 1.29 is 9.59 Å². The number of nitrogens with one attached hydrogen (secondary N) is 3. The first-order valence-electron chi connectivity index (χ1n) is 12.9. The van der Waals surface area contributed by atoms with Gasteiger partial charge in [-0.25, -0.2) is 4.79 Å². The molecule has 9 heteroatoms. The average molecular weight is 502 g/mol. The maximum Gasteiger partial charge on any atom is 0.322 e. The smallest absolute Gasteiger partial charge is 0.322 e. The van der Waals surface area contributed by atoms with Gasteiger partial charge in [0, 0.05) is 48.7 Å². The molecule has 2 aliphatic rings. The number of rotatable bonds is 5. The topological polar surface area (TPSA) is 96.6 Å². The summed E-state index contributed by atoms with van der Waals surface area (Å²) in [5.41, 5.74) is 4.63. The molecule has 0 bridgehead atoms. The maximum atomic E-state index is 13.3. The molecule has 1 fully saturated rings. The van der Waals surface area contributed by atoms with E-state index in [1.165, 1.54) is 0 Å². The summed E-state index contributed by atoms with van der Waals surface area (Å²) in [4.78, 5) is 32.8. The molecule has 3 amide bonds. The third kappa shape index (κ3) is 4.79. The highest BCUT2D eigenvalue weighted by Gasteiger charge is 2.44. The van der Waals surface area contributed by atoms with Gasteiger partial charge in [-0.05, 0) is 63.2 Å². The number of H-pyrrole nitrogens is 1. The van der Waals surface area contributed by atoms with Gasteiger partial charge in [0.1, 0.15) is 0 Å². The number of nitrogens with zero attached hydrogens (tertiary/aromatic N) is 4. The average Bonchev–Trinajstić information content (AvgIpc) is 3.42.